The summed E-state index contributed by atoms with van der Waals surface area (Å²) in [5.41, 5.74) is 2.21. The van der Waals surface area contributed by atoms with Crippen molar-refractivity contribution in [1.29, 1.82) is 0 Å². The fourth-order valence-corrected chi connectivity index (χ4v) is 3.64. The SMILES string of the molecule is CSCC[C@H](NC(=O)CCNC(=O)c1ccccc1Cl)c1nc2ccccc2[nH]1. The van der Waals surface area contributed by atoms with E-state index in [-0.39, 0.29) is 30.8 Å². The van der Waals surface area contributed by atoms with Crippen molar-refractivity contribution in [3.63, 3.8) is 0 Å². The number of nitrogens with zero attached hydrogens (tertiary/aromatic N) is 1. The molecule has 0 saturated carbocycles. The molecule has 29 heavy (non-hydrogen) atoms. The first-order valence-electron chi connectivity index (χ1n) is 9.34. The van der Waals surface area contributed by atoms with E-state index in [1.54, 1.807) is 36.0 Å². The highest BCUT2D eigenvalue weighted by Crippen LogP contribution is 2.20. The molecule has 0 unspecified atom stereocenters. The Bertz CT molecular complexity index is 958. The largest absolute Gasteiger partial charge is 0.351 e. The molecule has 2 amide bonds. The summed E-state index contributed by atoms with van der Waals surface area (Å²) in [6.45, 7) is 0.227. The summed E-state index contributed by atoms with van der Waals surface area (Å²) in [5.74, 6) is 1.20. The zero-order valence-corrected chi connectivity index (χ0v) is 17.6. The summed E-state index contributed by atoms with van der Waals surface area (Å²) >= 11 is 7.74. The highest BCUT2D eigenvalue weighted by molar-refractivity contribution is 7.98. The van der Waals surface area contributed by atoms with Gasteiger partial charge in [-0.25, -0.2) is 4.98 Å². The second-order valence-electron chi connectivity index (χ2n) is 6.53. The van der Waals surface area contributed by atoms with Crippen molar-refractivity contribution in [2.75, 3.05) is 18.6 Å². The number of hydrogen-bond acceptors (Lipinski definition) is 4. The Hall–Kier alpha value is -2.51. The van der Waals surface area contributed by atoms with Crippen molar-refractivity contribution >= 4 is 46.2 Å². The molecule has 3 rings (SSSR count). The Balaban J connectivity index is 1.57. The van der Waals surface area contributed by atoms with E-state index in [1.165, 1.54) is 0 Å². The van der Waals surface area contributed by atoms with Gasteiger partial charge in [0.1, 0.15) is 5.82 Å². The molecule has 1 heterocycles. The second-order valence-corrected chi connectivity index (χ2v) is 7.92. The second kappa shape index (κ2) is 10.3. The van der Waals surface area contributed by atoms with Gasteiger partial charge in [0.2, 0.25) is 5.91 Å². The highest BCUT2D eigenvalue weighted by atomic mass is 35.5. The van der Waals surface area contributed by atoms with Crippen molar-refractivity contribution in [3.8, 4) is 0 Å². The van der Waals surface area contributed by atoms with Crippen molar-refractivity contribution in [3.05, 3.63) is 64.9 Å². The number of aromatic nitrogens is 2. The number of carbonyl (C=O) groups is 2. The summed E-state index contributed by atoms with van der Waals surface area (Å²) < 4.78 is 0. The first-order chi connectivity index (χ1) is 14.1. The van der Waals surface area contributed by atoms with Crippen molar-refractivity contribution in [1.82, 2.24) is 20.6 Å². The Morgan fingerprint density at radius 3 is 2.69 bits per heavy atom. The van der Waals surface area contributed by atoms with E-state index < -0.39 is 0 Å². The summed E-state index contributed by atoms with van der Waals surface area (Å²) in [6.07, 6.45) is 2.96. The zero-order chi connectivity index (χ0) is 20.6. The first-order valence-corrected chi connectivity index (χ1v) is 11.1. The number of nitrogens with one attached hydrogen (secondary N) is 3. The van der Waals surface area contributed by atoms with E-state index in [0.29, 0.717) is 10.6 Å². The predicted octanol–water partition coefficient (Wildman–Crippen LogP) is 3.95. The Morgan fingerprint density at radius 2 is 1.93 bits per heavy atom. The van der Waals surface area contributed by atoms with Crippen LogP contribution in [0.15, 0.2) is 48.5 Å². The summed E-state index contributed by atoms with van der Waals surface area (Å²) in [5, 5.41) is 6.15. The molecule has 0 spiro atoms. The number of aromatic amines is 1. The third-order valence-electron chi connectivity index (χ3n) is 4.44. The molecule has 0 aliphatic rings. The van der Waals surface area contributed by atoms with Crippen molar-refractivity contribution < 1.29 is 9.59 Å². The topological polar surface area (TPSA) is 86.9 Å². The number of carbonyl (C=O) groups excluding carboxylic acids is 2. The number of fused-ring (bicyclic) bond motifs is 1. The number of rotatable bonds is 9. The molecule has 0 aliphatic heterocycles. The molecule has 0 bridgehead atoms. The van der Waals surface area contributed by atoms with Gasteiger partial charge in [0, 0.05) is 13.0 Å². The molecular formula is C21H23ClN4O2S. The van der Waals surface area contributed by atoms with Crippen LogP contribution in [0.3, 0.4) is 0 Å². The number of benzene rings is 2. The lowest BCUT2D eigenvalue weighted by atomic mass is 10.2. The summed E-state index contributed by atoms with van der Waals surface area (Å²) in [6, 6.07) is 14.4. The van der Waals surface area contributed by atoms with Gasteiger partial charge in [-0.15, -0.1) is 0 Å². The maximum absolute atomic E-state index is 12.5. The predicted molar refractivity (Wildman–Crippen MR) is 118 cm³/mol. The van der Waals surface area contributed by atoms with Gasteiger partial charge >= 0.3 is 0 Å². The smallest absolute Gasteiger partial charge is 0.252 e. The number of H-pyrrole nitrogens is 1. The minimum atomic E-state index is -0.292. The quantitative estimate of drug-likeness (QED) is 0.479. The average molecular weight is 431 g/mol. The normalized spacial score (nSPS) is 11.9. The highest BCUT2D eigenvalue weighted by Gasteiger charge is 2.18. The minimum Gasteiger partial charge on any atom is -0.351 e. The monoisotopic (exact) mass is 430 g/mol. The summed E-state index contributed by atoms with van der Waals surface area (Å²) in [7, 11) is 0. The fourth-order valence-electron chi connectivity index (χ4n) is 2.95. The van der Waals surface area contributed by atoms with E-state index in [4.69, 9.17) is 11.6 Å². The van der Waals surface area contributed by atoms with Crippen LogP contribution < -0.4 is 10.6 Å². The Kier molecular flexibility index (Phi) is 7.55. The van der Waals surface area contributed by atoms with Crippen LogP contribution in [0.1, 0.15) is 35.1 Å². The standard InChI is InChI=1S/C21H23ClN4O2S/c1-29-13-11-18(20-25-16-8-4-5-9-17(16)26-20)24-19(27)10-12-23-21(28)14-6-2-3-7-15(14)22/h2-9,18H,10-13H2,1H3,(H,23,28)(H,24,27)(H,25,26)/t18-/m0/s1. The van der Waals surface area contributed by atoms with Crippen LogP contribution in [0.2, 0.25) is 5.02 Å². The molecule has 3 aromatic rings. The number of amides is 2. The zero-order valence-electron chi connectivity index (χ0n) is 16.1. The van der Waals surface area contributed by atoms with Gasteiger partial charge in [0.25, 0.3) is 5.91 Å². The molecule has 3 N–H and O–H groups in total. The Labute approximate surface area is 178 Å². The van der Waals surface area contributed by atoms with Gasteiger partial charge < -0.3 is 15.6 Å². The number of para-hydroxylation sites is 2. The number of thioether (sulfide) groups is 1. The molecule has 6 nitrogen and oxygen atoms in total. The third kappa shape index (κ3) is 5.74. The van der Waals surface area contributed by atoms with Crippen LogP contribution in [-0.2, 0) is 4.79 Å². The van der Waals surface area contributed by atoms with Crippen LogP contribution in [0.4, 0.5) is 0 Å². The van der Waals surface area contributed by atoms with Gasteiger partial charge in [-0.05, 0) is 42.7 Å². The van der Waals surface area contributed by atoms with Crippen molar-refractivity contribution in [2.24, 2.45) is 0 Å². The lowest BCUT2D eigenvalue weighted by molar-refractivity contribution is -0.121. The summed E-state index contributed by atoms with van der Waals surface area (Å²) in [4.78, 5) is 32.5. The Morgan fingerprint density at radius 1 is 1.17 bits per heavy atom. The maximum Gasteiger partial charge on any atom is 0.252 e. The molecule has 0 saturated heterocycles. The van der Waals surface area contributed by atoms with E-state index in [2.05, 4.69) is 20.6 Å². The first kappa shape index (κ1) is 21.2. The average Bonchev–Trinajstić information content (AvgIpc) is 3.15. The molecule has 0 radical (unpaired) electrons. The van der Waals surface area contributed by atoms with E-state index in [0.717, 1.165) is 29.0 Å². The minimum absolute atomic E-state index is 0.143. The van der Waals surface area contributed by atoms with Gasteiger partial charge in [0.05, 0.1) is 27.7 Å². The van der Waals surface area contributed by atoms with Crippen molar-refractivity contribution in [2.45, 2.75) is 18.9 Å². The molecule has 1 aromatic heterocycles. The molecular weight excluding hydrogens is 408 g/mol. The molecule has 2 aromatic carbocycles. The van der Waals surface area contributed by atoms with E-state index >= 15 is 0 Å². The molecule has 8 heteroatoms. The fraction of sp³-hybridized carbons (Fsp3) is 0.286. The van der Waals surface area contributed by atoms with E-state index in [1.807, 2.05) is 30.5 Å². The van der Waals surface area contributed by atoms with Crippen LogP contribution in [0, 0.1) is 0 Å². The molecule has 0 fully saturated rings. The number of imidazole rings is 1. The van der Waals surface area contributed by atoms with E-state index in [9.17, 15) is 9.59 Å². The van der Waals surface area contributed by atoms with Crippen LogP contribution in [-0.4, -0.2) is 40.3 Å². The van der Waals surface area contributed by atoms with Gasteiger partial charge in [-0.2, -0.15) is 11.8 Å². The number of halogens is 1. The lowest BCUT2D eigenvalue weighted by Gasteiger charge is -2.16. The van der Waals surface area contributed by atoms with Gasteiger partial charge in [-0.1, -0.05) is 35.9 Å². The molecule has 152 valence electrons. The van der Waals surface area contributed by atoms with Crippen LogP contribution in [0.5, 0.6) is 0 Å². The maximum atomic E-state index is 12.5. The third-order valence-corrected chi connectivity index (χ3v) is 5.41. The molecule has 1 atom stereocenters. The van der Waals surface area contributed by atoms with Crippen LogP contribution in [0.25, 0.3) is 11.0 Å². The molecule has 0 aliphatic carbocycles. The van der Waals surface area contributed by atoms with Gasteiger partial charge in [0.15, 0.2) is 0 Å². The number of hydrogen-bond donors (Lipinski definition) is 3. The lowest BCUT2D eigenvalue weighted by Crippen LogP contribution is -2.33. The van der Waals surface area contributed by atoms with Crippen LogP contribution >= 0.6 is 23.4 Å². The van der Waals surface area contributed by atoms with Gasteiger partial charge in [-0.3, -0.25) is 9.59 Å².